The molecule has 2 atom stereocenters. The minimum absolute atomic E-state index is 0.0682. The number of hydrogen-bond acceptors (Lipinski definition) is 6. The zero-order chi connectivity index (χ0) is 36.4. The van der Waals surface area contributed by atoms with E-state index in [1.807, 2.05) is 0 Å². The Morgan fingerprint density at radius 1 is 0.408 bits per heavy atom. The molecule has 0 aromatic heterocycles. The molecule has 0 fully saturated rings. The number of esters is 3. The van der Waals surface area contributed by atoms with E-state index in [-0.39, 0.29) is 31.1 Å². The number of ether oxygens (including phenoxy) is 3. The molecular weight excluding hydrogens is 612 g/mol. The van der Waals surface area contributed by atoms with Gasteiger partial charge in [-0.05, 0) is 37.0 Å². The summed E-state index contributed by atoms with van der Waals surface area (Å²) >= 11 is 0. The number of carbonyl (C=O) groups excluding carboxylic acids is 3. The van der Waals surface area contributed by atoms with Crippen LogP contribution in [-0.4, -0.2) is 37.2 Å². The van der Waals surface area contributed by atoms with Crippen LogP contribution in [0.2, 0.25) is 0 Å². The quantitative estimate of drug-likeness (QED) is 0.0369. The predicted octanol–water partition coefficient (Wildman–Crippen LogP) is 12.9. The second-order valence-corrected chi connectivity index (χ2v) is 15.8. The summed E-state index contributed by atoms with van der Waals surface area (Å²) in [7, 11) is 0. The van der Waals surface area contributed by atoms with Gasteiger partial charge in [0.05, 0.1) is 0 Å². The average molecular weight is 695 g/mol. The lowest BCUT2D eigenvalue weighted by molar-refractivity contribution is -0.167. The number of unbranched alkanes of at least 4 members (excludes halogenated alkanes) is 18. The fourth-order valence-corrected chi connectivity index (χ4v) is 6.14. The van der Waals surface area contributed by atoms with Crippen molar-refractivity contribution < 1.29 is 28.6 Å². The van der Waals surface area contributed by atoms with Crippen molar-refractivity contribution in [2.45, 2.75) is 227 Å². The molecule has 0 N–H and O–H groups in total. The van der Waals surface area contributed by atoms with Gasteiger partial charge in [0.2, 0.25) is 0 Å². The summed E-state index contributed by atoms with van der Waals surface area (Å²) in [5.41, 5.74) is 0. The minimum Gasteiger partial charge on any atom is -0.462 e. The smallest absolute Gasteiger partial charge is 0.306 e. The van der Waals surface area contributed by atoms with Crippen molar-refractivity contribution in [2.75, 3.05) is 13.2 Å². The highest BCUT2D eigenvalue weighted by atomic mass is 16.6. The van der Waals surface area contributed by atoms with Crippen molar-refractivity contribution >= 4 is 17.9 Å². The average Bonchev–Trinajstić information content (AvgIpc) is 3.06. The van der Waals surface area contributed by atoms with Crippen LogP contribution in [0.1, 0.15) is 221 Å². The molecule has 1 unspecified atom stereocenters. The standard InChI is InChI=1S/C43H82O6/c1-7-39(6)31-25-19-14-16-22-28-34-43(46)49-40(36-48-42(45)33-27-21-15-13-18-24-30-38(4)5)35-47-41(44)32-26-20-12-10-8-9-11-17-23-29-37(2)3/h37-40H,7-36H2,1-6H3/t39?,40-/m1/s1. The van der Waals surface area contributed by atoms with Gasteiger partial charge in [0.1, 0.15) is 13.2 Å². The molecule has 6 heteroatoms. The zero-order valence-electron chi connectivity index (χ0n) is 33.5. The Hall–Kier alpha value is -1.59. The first-order chi connectivity index (χ1) is 23.6. The fourth-order valence-electron chi connectivity index (χ4n) is 6.14. The molecule has 0 spiro atoms. The Bertz CT molecular complexity index is 763. The maximum atomic E-state index is 12.6. The van der Waals surface area contributed by atoms with Gasteiger partial charge in [-0.25, -0.2) is 0 Å². The van der Waals surface area contributed by atoms with Gasteiger partial charge in [-0.3, -0.25) is 14.4 Å². The van der Waals surface area contributed by atoms with E-state index < -0.39 is 6.10 Å². The van der Waals surface area contributed by atoms with Crippen molar-refractivity contribution in [3.8, 4) is 0 Å². The largest absolute Gasteiger partial charge is 0.462 e. The van der Waals surface area contributed by atoms with Gasteiger partial charge >= 0.3 is 17.9 Å². The molecule has 0 aliphatic carbocycles. The van der Waals surface area contributed by atoms with Crippen LogP contribution in [0, 0.1) is 17.8 Å². The highest BCUT2D eigenvalue weighted by Crippen LogP contribution is 2.17. The van der Waals surface area contributed by atoms with Crippen LogP contribution < -0.4 is 0 Å². The van der Waals surface area contributed by atoms with Crippen molar-refractivity contribution in [1.29, 1.82) is 0 Å². The van der Waals surface area contributed by atoms with Crippen LogP contribution in [0.25, 0.3) is 0 Å². The molecule has 6 nitrogen and oxygen atoms in total. The number of carbonyl (C=O) groups is 3. The molecule has 290 valence electrons. The highest BCUT2D eigenvalue weighted by Gasteiger charge is 2.19. The SMILES string of the molecule is CCC(C)CCCCCCCCC(=O)O[C@H](COC(=O)CCCCCCCCCCCC(C)C)COC(=O)CCCCCCCCC(C)C. The van der Waals surface area contributed by atoms with E-state index >= 15 is 0 Å². The summed E-state index contributed by atoms with van der Waals surface area (Å²) in [6, 6.07) is 0. The lowest BCUT2D eigenvalue weighted by atomic mass is 10.00. The molecule has 0 amide bonds. The van der Waals surface area contributed by atoms with Crippen LogP contribution in [0.3, 0.4) is 0 Å². The van der Waals surface area contributed by atoms with Crippen molar-refractivity contribution in [2.24, 2.45) is 17.8 Å². The first-order valence-corrected chi connectivity index (χ1v) is 21.1. The first kappa shape index (κ1) is 47.4. The Balaban J connectivity index is 4.36. The zero-order valence-corrected chi connectivity index (χ0v) is 33.5. The molecule has 0 bridgehead atoms. The van der Waals surface area contributed by atoms with E-state index in [9.17, 15) is 14.4 Å². The van der Waals surface area contributed by atoms with E-state index in [0.29, 0.717) is 19.3 Å². The molecule has 0 radical (unpaired) electrons. The van der Waals surface area contributed by atoms with Gasteiger partial charge in [0, 0.05) is 19.3 Å². The molecule has 0 heterocycles. The van der Waals surface area contributed by atoms with E-state index in [1.165, 1.54) is 103 Å². The van der Waals surface area contributed by atoms with Gasteiger partial charge in [-0.2, -0.15) is 0 Å². The third-order valence-electron chi connectivity index (χ3n) is 9.76. The number of rotatable bonds is 36. The van der Waals surface area contributed by atoms with Gasteiger partial charge < -0.3 is 14.2 Å². The highest BCUT2D eigenvalue weighted by molar-refractivity contribution is 5.71. The van der Waals surface area contributed by atoms with Crippen molar-refractivity contribution in [3.05, 3.63) is 0 Å². The summed E-state index contributed by atoms with van der Waals surface area (Å²) in [5.74, 6) is 1.51. The maximum absolute atomic E-state index is 12.6. The second kappa shape index (κ2) is 34.8. The third kappa shape index (κ3) is 36.0. The topological polar surface area (TPSA) is 78.9 Å². The fraction of sp³-hybridized carbons (Fsp3) is 0.930. The molecule has 0 aliphatic heterocycles. The van der Waals surface area contributed by atoms with Crippen LogP contribution in [0.15, 0.2) is 0 Å². The van der Waals surface area contributed by atoms with Gasteiger partial charge in [0.15, 0.2) is 6.10 Å². The molecule has 49 heavy (non-hydrogen) atoms. The van der Waals surface area contributed by atoms with Crippen molar-refractivity contribution in [1.82, 2.24) is 0 Å². The summed E-state index contributed by atoms with van der Waals surface area (Å²) in [5, 5.41) is 0. The summed E-state index contributed by atoms with van der Waals surface area (Å²) in [4.78, 5) is 37.5. The third-order valence-corrected chi connectivity index (χ3v) is 9.76. The van der Waals surface area contributed by atoms with Gasteiger partial charge in [0.25, 0.3) is 0 Å². The molecule has 0 saturated carbocycles. The second-order valence-electron chi connectivity index (χ2n) is 15.8. The summed E-state index contributed by atoms with van der Waals surface area (Å²) in [6.07, 6.45) is 29.6. The lowest BCUT2D eigenvalue weighted by Gasteiger charge is -2.18. The predicted molar refractivity (Wildman–Crippen MR) is 206 cm³/mol. The monoisotopic (exact) mass is 695 g/mol. The van der Waals surface area contributed by atoms with Crippen LogP contribution in [-0.2, 0) is 28.6 Å². The number of hydrogen-bond donors (Lipinski definition) is 0. The van der Waals surface area contributed by atoms with E-state index in [2.05, 4.69) is 41.5 Å². The molecule has 0 saturated heterocycles. The van der Waals surface area contributed by atoms with E-state index in [4.69, 9.17) is 14.2 Å². The Morgan fingerprint density at radius 3 is 1.06 bits per heavy atom. The Morgan fingerprint density at radius 2 is 0.714 bits per heavy atom. The van der Waals surface area contributed by atoms with Gasteiger partial charge in [-0.1, -0.05) is 183 Å². The van der Waals surface area contributed by atoms with Crippen LogP contribution in [0.5, 0.6) is 0 Å². The van der Waals surface area contributed by atoms with Crippen molar-refractivity contribution in [3.63, 3.8) is 0 Å². The van der Waals surface area contributed by atoms with E-state index in [1.54, 1.807) is 0 Å². The van der Waals surface area contributed by atoms with Gasteiger partial charge in [-0.15, -0.1) is 0 Å². The molecule has 0 aromatic carbocycles. The molecular formula is C43H82O6. The molecule has 0 aliphatic rings. The minimum atomic E-state index is -0.762. The van der Waals surface area contributed by atoms with Crippen LogP contribution >= 0.6 is 0 Å². The van der Waals surface area contributed by atoms with E-state index in [0.717, 1.165) is 75.5 Å². The Kier molecular flexibility index (Phi) is 33.7. The normalized spacial score (nSPS) is 12.7. The maximum Gasteiger partial charge on any atom is 0.306 e. The summed E-state index contributed by atoms with van der Waals surface area (Å²) < 4.78 is 16.6. The Labute approximate surface area is 304 Å². The molecule has 0 aromatic rings. The van der Waals surface area contributed by atoms with Crippen LogP contribution in [0.4, 0.5) is 0 Å². The lowest BCUT2D eigenvalue weighted by Crippen LogP contribution is -2.30. The first-order valence-electron chi connectivity index (χ1n) is 21.1. The summed E-state index contributed by atoms with van der Waals surface area (Å²) in [6.45, 7) is 13.5. The molecule has 0 rings (SSSR count).